The molecule has 0 aliphatic carbocycles. The van der Waals surface area contributed by atoms with Crippen LogP contribution in [0.5, 0.6) is 0 Å². The Bertz CT molecular complexity index is 468. The molecule has 1 atom stereocenters. The predicted molar refractivity (Wildman–Crippen MR) is 74.1 cm³/mol. The third kappa shape index (κ3) is 4.39. The largest absolute Gasteiger partial charge is 0.452 e. The van der Waals surface area contributed by atoms with Gasteiger partial charge >= 0.3 is 5.97 Å². The summed E-state index contributed by atoms with van der Waals surface area (Å²) in [6, 6.07) is 5.53. The molecule has 0 aromatic heterocycles. The van der Waals surface area contributed by atoms with E-state index in [1.165, 1.54) is 0 Å². The summed E-state index contributed by atoms with van der Waals surface area (Å²) in [6.45, 7) is 7.45. The quantitative estimate of drug-likeness (QED) is 0.830. The first-order chi connectivity index (χ1) is 8.95. The number of ether oxygens (including phenoxy) is 1. The molecule has 0 spiro atoms. The summed E-state index contributed by atoms with van der Waals surface area (Å²) in [4.78, 5) is 23.4. The van der Waals surface area contributed by atoms with Crippen molar-refractivity contribution in [2.45, 2.75) is 40.2 Å². The Hall–Kier alpha value is -1.84. The van der Waals surface area contributed by atoms with Gasteiger partial charge in [-0.3, -0.25) is 4.79 Å². The molecule has 1 N–H and O–H groups in total. The second kappa shape index (κ2) is 6.92. The molecule has 19 heavy (non-hydrogen) atoms. The molecule has 1 aromatic rings. The van der Waals surface area contributed by atoms with Crippen molar-refractivity contribution in [2.75, 3.05) is 6.61 Å². The molecule has 0 unspecified atom stereocenters. The first kappa shape index (κ1) is 15.2. The average molecular weight is 263 g/mol. The molecular formula is C15H21NO3. The van der Waals surface area contributed by atoms with Crippen LogP contribution in [0.3, 0.4) is 0 Å². The molecule has 0 fully saturated rings. The van der Waals surface area contributed by atoms with E-state index in [0.29, 0.717) is 5.56 Å². The number of hydrogen-bond acceptors (Lipinski definition) is 3. The fourth-order valence-corrected chi connectivity index (χ4v) is 1.60. The molecule has 1 rings (SSSR count). The minimum absolute atomic E-state index is 0.0897. The van der Waals surface area contributed by atoms with Gasteiger partial charge in [0.05, 0.1) is 5.56 Å². The van der Waals surface area contributed by atoms with Crippen LogP contribution in [0.1, 0.15) is 41.8 Å². The van der Waals surface area contributed by atoms with Gasteiger partial charge in [0.15, 0.2) is 6.61 Å². The predicted octanol–water partition coefficient (Wildman–Crippen LogP) is 2.37. The lowest BCUT2D eigenvalue weighted by Crippen LogP contribution is -2.35. The van der Waals surface area contributed by atoms with Crippen LogP contribution >= 0.6 is 0 Å². The zero-order valence-electron chi connectivity index (χ0n) is 11.9. The van der Waals surface area contributed by atoms with Crippen molar-refractivity contribution in [3.63, 3.8) is 0 Å². The summed E-state index contributed by atoms with van der Waals surface area (Å²) in [6.07, 6.45) is 0.844. The van der Waals surface area contributed by atoms with Gasteiger partial charge in [0, 0.05) is 6.04 Å². The summed E-state index contributed by atoms with van der Waals surface area (Å²) in [5, 5.41) is 2.75. The molecule has 0 aliphatic rings. The van der Waals surface area contributed by atoms with Crippen LogP contribution in [-0.4, -0.2) is 24.5 Å². The van der Waals surface area contributed by atoms with E-state index in [1.807, 2.05) is 33.8 Å². The second-order valence-corrected chi connectivity index (χ2v) is 4.70. The van der Waals surface area contributed by atoms with Crippen molar-refractivity contribution in [1.29, 1.82) is 0 Å². The molecular weight excluding hydrogens is 242 g/mol. The lowest BCUT2D eigenvalue weighted by Gasteiger charge is -2.12. The van der Waals surface area contributed by atoms with E-state index >= 15 is 0 Å². The highest BCUT2D eigenvalue weighted by atomic mass is 16.5. The lowest BCUT2D eigenvalue weighted by molar-refractivity contribution is -0.124. The van der Waals surface area contributed by atoms with Crippen molar-refractivity contribution < 1.29 is 14.3 Å². The number of carbonyl (C=O) groups is 2. The number of rotatable bonds is 5. The smallest absolute Gasteiger partial charge is 0.338 e. The minimum atomic E-state index is -0.458. The van der Waals surface area contributed by atoms with Gasteiger partial charge in [-0.25, -0.2) is 4.79 Å². The van der Waals surface area contributed by atoms with Crippen molar-refractivity contribution in [1.82, 2.24) is 5.32 Å². The third-order valence-electron chi connectivity index (χ3n) is 3.18. The van der Waals surface area contributed by atoms with Crippen LogP contribution in [0.25, 0.3) is 0 Å². The number of hydrogen-bond donors (Lipinski definition) is 1. The molecule has 1 aromatic carbocycles. The monoisotopic (exact) mass is 263 g/mol. The van der Waals surface area contributed by atoms with Gasteiger partial charge in [0.1, 0.15) is 0 Å². The van der Waals surface area contributed by atoms with Crippen LogP contribution in [0.4, 0.5) is 0 Å². The van der Waals surface area contributed by atoms with Crippen molar-refractivity contribution in [3.8, 4) is 0 Å². The number of amides is 1. The standard InChI is InChI=1S/C15H21NO3/c1-5-11(3)16-14(17)9-19-15(18)13-8-6-7-10(2)12(13)4/h6-8,11H,5,9H2,1-4H3,(H,16,17)/t11-/m1/s1. The summed E-state index contributed by atoms with van der Waals surface area (Å²) in [7, 11) is 0. The molecule has 1 amide bonds. The third-order valence-corrected chi connectivity index (χ3v) is 3.18. The van der Waals surface area contributed by atoms with Crippen molar-refractivity contribution in [3.05, 3.63) is 34.9 Å². The topological polar surface area (TPSA) is 55.4 Å². The van der Waals surface area contributed by atoms with Crippen molar-refractivity contribution >= 4 is 11.9 Å². The van der Waals surface area contributed by atoms with Gasteiger partial charge in [-0.05, 0) is 44.4 Å². The van der Waals surface area contributed by atoms with E-state index in [4.69, 9.17) is 4.74 Å². The van der Waals surface area contributed by atoms with Gasteiger partial charge in [-0.15, -0.1) is 0 Å². The Kier molecular flexibility index (Phi) is 5.55. The molecule has 4 heteroatoms. The Morgan fingerprint density at radius 2 is 2.00 bits per heavy atom. The molecule has 0 heterocycles. The van der Waals surface area contributed by atoms with E-state index in [0.717, 1.165) is 17.5 Å². The second-order valence-electron chi connectivity index (χ2n) is 4.70. The van der Waals surface area contributed by atoms with Gasteiger partial charge in [0.2, 0.25) is 0 Å². The summed E-state index contributed by atoms with van der Waals surface area (Å²) in [5.74, 6) is -0.728. The Morgan fingerprint density at radius 3 is 2.63 bits per heavy atom. The zero-order chi connectivity index (χ0) is 14.4. The number of nitrogens with one attached hydrogen (secondary N) is 1. The molecule has 4 nitrogen and oxygen atoms in total. The van der Waals surface area contributed by atoms with Crippen LogP contribution in [0.2, 0.25) is 0 Å². The number of aryl methyl sites for hydroxylation is 1. The van der Waals surface area contributed by atoms with Gasteiger partial charge in [0.25, 0.3) is 5.91 Å². The van der Waals surface area contributed by atoms with E-state index < -0.39 is 5.97 Å². The Balaban J connectivity index is 2.56. The molecule has 0 saturated carbocycles. The average Bonchev–Trinajstić information content (AvgIpc) is 2.39. The van der Waals surface area contributed by atoms with Gasteiger partial charge < -0.3 is 10.1 Å². The van der Waals surface area contributed by atoms with Gasteiger partial charge in [-0.1, -0.05) is 19.1 Å². The van der Waals surface area contributed by atoms with E-state index in [-0.39, 0.29) is 18.6 Å². The van der Waals surface area contributed by atoms with E-state index in [2.05, 4.69) is 5.32 Å². The molecule has 0 aliphatic heterocycles. The molecule has 0 saturated heterocycles. The van der Waals surface area contributed by atoms with Crippen LogP contribution in [0.15, 0.2) is 18.2 Å². The highest BCUT2D eigenvalue weighted by Crippen LogP contribution is 2.13. The highest BCUT2D eigenvalue weighted by Gasteiger charge is 2.14. The first-order valence-corrected chi connectivity index (χ1v) is 6.48. The number of esters is 1. The van der Waals surface area contributed by atoms with E-state index in [1.54, 1.807) is 12.1 Å². The van der Waals surface area contributed by atoms with Crippen LogP contribution in [-0.2, 0) is 9.53 Å². The van der Waals surface area contributed by atoms with Crippen LogP contribution < -0.4 is 5.32 Å². The van der Waals surface area contributed by atoms with Crippen LogP contribution in [0, 0.1) is 13.8 Å². The highest BCUT2D eigenvalue weighted by molar-refractivity contribution is 5.93. The fourth-order valence-electron chi connectivity index (χ4n) is 1.60. The van der Waals surface area contributed by atoms with Crippen molar-refractivity contribution in [2.24, 2.45) is 0 Å². The Labute approximate surface area is 114 Å². The maximum Gasteiger partial charge on any atom is 0.338 e. The normalized spacial score (nSPS) is 11.8. The molecule has 0 bridgehead atoms. The Morgan fingerprint density at radius 1 is 1.32 bits per heavy atom. The minimum Gasteiger partial charge on any atom is -0.452 e. The fraction of sp³-hybridized carbons (Fsp3) is 0.467. The number of carbonyl (C=O) groups excluding carboxylic acids is 2. The van der Waals surface area contributed by atoms with E-state index in [9.17, 15) is 9.59 Å². The lowest BCUT2D eigenvalue weighted by atomic mass is 10.0. The summed E-state index contributed by atoms with van der Waals surface area (Å²) in [5.41, 5.74) is 2.42. The molecule has 0 radical (unpaired) electrons. The maximum atomic E-state index is 11.9. The molecule has 104 valence electrons. The SMILES string of the molecule is CC[C@@H](C)NC(=O)COC(=O)c1cccc(C)c1C. The van der Waals surface area contributed by atoms with Gasteiger partial charge in [-0.2, -0.15) is 0 Å². The first-order valence-electron chi connectivity index (χ1n) is 6.48. The summed E-state index contributed by atoms with van der Waals surface area (Å²) < 4.78 is 5.02. The maximum absolute atomic E-state index is 11.9. The summed E-state index contributed by atoms with van der Waals surface area (Å²) >= 11 is 0. The number of benzene rings is 1. The zero-order valence-corrected chi connectivity index (χ0v) is 11.9.